The van der Waals surface area contributed by atoms with Crippen molar-refractivity contribution in [1.82, 2.24) is 14.7 Å². The van der Waals surface area contributed by atoms with E-state index in [1.165, 1.54) is 18.9 Å². The second-order valence-corrected chi connectivity index (χ2v) is 12.8. The molecule has 0 spiro atoms. The van der Waals surface area contributed by atoms with Crippen LogP contribution in [-0.4, -0.2) is 78.1 Å². The summed E-state index contributed by atoms with van der Waals surface area (Å²) in [7, 11) is 4.38. The molecule has 6 heteroatoms. The molecule has 2 fully saturated rings. The molecule has 1 N–H and O–H groups in total. The quantitative estimate of drug-likeness (QED) is 0.391. The number of piperidine rings is 1. The Balaban J connectivity index is 1.48. The molecular formula is C33H47FN3O2. The van der Waals surface area contributed by atoms with Crippen LogP contribution in [0.5, 0.6) is 5.75 Å². The molecule has 2 aliphatic rings. The maximum atomic E-state index is 14.5. The highest BCUT2D eigenvalue weighted by Crippen LogP contribution is 2.38. The Kier molecular flexibility index (Phi) is 9.51. The highest BCUT2D eigenvalue weighted by Gasteiger charge is 2.39. The highest BCUT2D eigenvalue weighted by atomic mass is 19.1. The van der Waals surface area contributed by atoms with Gasteiger partial charge in [-0.2, -0.15) is 0 Å². The second-order valence-electron chi connectivity index (χ2n) is 12.8. The number of Topliss-reactive ketones (excluding diaryl/α,β-unsaturated/α-hetero) is 1. The van der Waals surface area contributed by atoms with Crippen molar-refractivity contribution in [2.75, 3.05) is 40.3 Å². The Labute approximate surface area is 235 Å². The van der Waals surface area contributed by atoms with Gasteiger partial charge in [-0.25, -0.2) is 4.39 Å². The van der Waals surface area contributed by atoms with Crippen LogP contribution in [0, 0.1) is 30.5 Å². The van der Waals surface area contributed by atoms with Crippen molar-refractivity contribution in [3.05, 3.63) is 71.4 Å². The van der Waals surface area contributed by atoms with Gasteiger partial charge in [-0.15, -0.1) is 0 Å². The van der Waals surface area contributed by atoms with Gasteiger partial charge in [0.25, 0.3) is 0 Å². The van der Waals surface area contributed by atoms with E-state index in [1.807, 2.05) is 6.07 Å². The Morgan fingerprint density at radius 3 is 2.62 bits per heavy atom. The van der Waals surface area contributed by atoms with E-state index in [-0.39, 0.29) is 34.6 Å². The van der Waals surface area contributed by atoms with Crippen molar-refractivity contribution in [2.45, 2.75) is 71.5 Å². The van der Waals surface area contributed by atoms with E-state index in [2.05, 4.69) is 56.0 Å². The van der Waals surface area contributed by atoms with Crippen molar-refractivity contribution < 1.29 is 14.3 Å². The zero-order valence-corrected chi connectivity index (χ0v) is 24.7. The first-order valence-electron chi connectivity index (χ1n) is 14.5. The Hall–Kier alpha value is -2.28. The molecule has 0 saturated carbocycles. The van der Waals surface area contributed by atoms with Gasteiger partial charge < -0.3 is 10.0 Å². The first-order chi connectivity index (χ1) is 18.5. The number of phenols is 1. The minimum atomic E-state index is -0.338. The molecule has 0 aliphatic carbocycles. The zero-order chi connectivity index (χ0) is 28.3. The molecule has 5 nitrogen and oxygen atoms in total. The predicted octanol–water partition coefficient (Wildman–Crippen LogP) is 6.12. The molecule has 0 bridgehead atoms. The number of ketones is 1. The summed E-state index contributed by atoms with van der Waals surface area (Å²) < 4.78 is 14.5. The summed E-state index contributed by atoms with van der Waals surface area (Å²) in [6, 6.07) is 12.3. The van der Waals surface area contributed by atoms with Crippen LogP contribution in [0.25, 0.3) is 0 Å². The van der Waals surface area contributed by atoms with E-state index in [1.54, 1.807) is 37.3 Å². The van der Waals surface area contributed by atoms with Gasteiger partial charge in [0.15, 0.2) is 5.78 Å². The Morgan fingerprint density at radius 1 is 1.18 bits per heavy atom. The fourth-order valence-electron chi connectivity index (χ4n) is 6.82. The summed E-state index contributed by atoms with van der Waals surface area (Å²) in [5, 5.41) is 10.0. The van der Waals surface area contributed by atoms with Crippen LogP contribution >= 0.6 is 0 Å². The topological polar surface area (TPSA) is 47.0 Å². The molecule has 2 saturated heterocycles. The molecular weight excluding hydrogens is 489 g/mol. The number of aromatic hydroxyl groups is 1. The van der Waals surface area contributed by atoms with E-state index in [9.17, 15) is 14.3 Å². The molecule has 4 atom stereocenters. The maximum absolute atomic E-state index is 14.5. The molecule has 0 aromatic heterocycles. The fraction of sp³-hybridized carbons (Fsp3) is 0.576. The van der Waals surface area contributed by atoms with E-state index >= 15 is 0 Å². The lowest BCUT2D eigenvalue weighted by atomic mass is 9.75. The third-order valence-corrected chi connectivity index (χ3v) is 8.85. The summed E-state index contributed by atoms with van der Waals surface area (Å²) in [6.45, 7) is 12.3. The zero-order valence-electron chi connectivity index (χ0n) is 24.7. The first kappa shape index (κ1) is 29.7. The van der Waals surface area contributed by atoms with Crippen LogP contribution in [-0.2, 0) is 0 Å². The van der Waals surface area contributed by atoms with E-state index in [0.717, 1.165) is 38.0 Å². The minimum Gasteiger partial charge on any atom is -0.508 e. The van der Waals surface area contributed by atoms with Gasteiger partial charge >= 0.3 is 0 Å². The summed E-state index contributed by atoms with van der Waals surface area (Å²) in [5.74, 6) is -0.664. The SMILES string of the molecule is Cc1c(F)cccc1C1[CH]CN(CCC[C@H](N(C)C)N2CCC[C@@H]2C(C)(C)C)CC1C(=O)c1cccc(O)c1. The van der Waals surface area contributed by atoms with E-state index in [4.69, 9.17) is 0 Å². The lowest BCUT2D eigenvalue weighted by Gasteiger charge is -2.43. The van der Waals surface area contributed by atoms with Crippen LogP contribution in [0.15, 0.2) is 42.5 Å². The molecule has 0 amide bonds. The van der Waals surface area contributed by atoms with Crippen LogP contribution in [0.1, 0.15) is 73.9 Å². The molecule has 213 valence electrons. The van der Waals surface area contributed by atoms with E-state index in [0.29, 0.717) is 29.9 Å². The van der Waals surface area contributed by atoms with Crippen molar-refractivity contribution >= 4 is 5.78 Å². The standard InChI is InChI=1S/C33H47FN3O2/c1-23-26(13-8-14-29(23)34)27-17-20-36(22-28(27)32(39)24-11-7-12-25(38)21-24)18-10-16-31(35(5)6)37-19-9-15-30(37)33(2,3)4/h7-8,11-14,17,21,27-28,30-31,38H,9-10,15-16,18-20,22H2,1-6H3/t27?,28?,30-,31-/m1/s1. The highest BCUT2D eigenvalue weighted by molar-refractivity contribution is 5.99. The molecule has 2 aliphatic heterocycles. The van der Waals surface area contributed by atoms with Gasteiger partial charge in [0.1, 0.15) is 11.6 Å². The lowest BCUT2D eigenvalue weighted by molar-refractivity contribution is 0.0178. The monoisotopic (exact) mass is 536 g/mol. The summed E-state index contributed by atoms with van der Waals surface area (Å²) in [4.78, 5) is 21.2. The summed E-state index contributed by atoms with van der Waals surface area (Å²) >= 11 is 0. The van der Waals surface area contributed by atoms with Gasteiger partial charge in [0.2, 0.25) is 0 Å². The predicted molar refractivity (Wildman–Crippen MR) is 156 cm³/mol. The third-order valence-electron chi connectivity index (χ3n) is 8.85. The average molecular weight is 537 g/mol. The van der Waals surface area contributed by atoms with Crippen molar-refractivity contribution in [3.63, 3.8) is 0 Å². The Bertz CT molecular complexity index is 1130. The lowest BCUT2D eigenvalue weighted by Crippen LogP contribution is -2.51. The van der Waals surface area contributed by atoms with Crippen molar-refractivity contribution in [3.8, 4) is 5.75 Å². The van der Waals surface area contributed by atoms with Crippen LogP contribution in [0.3, 0.4) is 0 Å². The average Bonchev–Trinajstić information content (AvgIpc) is 3.38. The number of carbonyl (C=O) groups is 1. The number of nitrogens with zero attached hydrogens (tertiary/aromatic N) is 3. The summed E-state index contributed by atoms with van der Waals surface area (Å²) in [6.07, 6.45) is 7.23. The molecule has 2 unspecified atom stereocenters. The smallest absolute Gasteiger partial charge is 0.167 e. The largest absolute Gasteiger partial charge is 0.508 e. The van der Waals surface area contributed by atoms with Gasteiger partial charge in [-0.3, -0.25) is 14.6 Å². The molecule has 4 rings (SSSR count). The number of rotatable bonds is 9. The molecule has 2 aromatic rings. The third kappa shape index (κ3) is 6.90. The van der Waals surface area contributed by atoms with Crippen molar-refractivity contribution in [1.29, 1.82) is 0 Å². The first-order valence-corrected chi connectivity index (χ1v) is 14.5. The number of halogens is 1. The number of carbonyl (C=O) groups excluding carboxylic acids is 1. The van der Waals surface area contributed by atoms with Crippen LogP contribution in [0.2, 0.25) is 0 Å². The van der Waals surface area contributed by atoms with Crippen LogP contribution in [0.4, 0.5) is 4.39 Å². The van der Waals surface area contributed by atoms with E-state index < -0.39 is 0 Å². The molecule has 39 heavy (non-hydrogen) atoms. The molecule has 2 heterocycles. The number of benzene rings is 2. The van der Waals surface area contributed by atoms with Crippen LogP contribution < -0.4 is 0 Å². The molecule has 2 aromatic carbocycles. The molecule has 1 radical (unpaired) electrons. The second kappa shape index (κ2) is 12.5. The van der Waals surface area contributed by atoms with Crippen molar-refractivity contribution in [2.24, 2.45) is 11.3 Å². The number of hydrogen-bond acceptors (Lipinski definition) is 5. The Morgan fingerprint density at radius 2 is 1.92 bits per heavy atom. The summed E-state index contributed by atoms with van der Waals surface area (Å²) in [5.41, 5.74) is 2.25. The van der Waals surface area contributed by atoms with Gasteiger partial charge in [0, 0.05) is 37.2 Å². The van der Waals surface area contributed by atoms with Gasteiger partial charge in [-0.1, -0.05) is 45.0 Å². The fourth-order valence-corrected chi connectivity index (χ4v) is 6.82. The minimum absolute atomic E-state index is 0.00300. The maximum Gasteiger partial charge on any atom is 0.167 e. The number of likely N-dealkylation sites (tertiary alicyclic amines) is 2. The van der Waals surface area contributed by atoms with Gasteiger partial charge in [-0.05, 0) is 100 Å². The number of hydrogen-bond donors (Lipinski definition) is 1. The van der Waals surface area contributed by atoms with Gasteiger partial charge in [0.05, 0.1) is 6.17 Å². The normalized spacial score (nSPS) is 23.8. The number of phenolic OH excluding ortho intramolecular Hbond substituents is 1.